The number of carbonyl (C=O) groups excluding carboxylic acids is 1. The molecule has 29 heavy (non-hydrogen) atoms. The van der Waals surface area contributed by atoms with Gasteiger partial charge < -0.3 is 0 Å². The summed E-state index contributed by atoms with van der Waals surface area (Å²) in [6, 6.07) is 8.48. The van der Waals surface area contributed by atoms with Gasteiger partial charge in [0.25, 0.3) is 0 Å². The van der Waals surface area contributed by atoms with Crippen LogP contribution in [0.3, 0.4) is 0 Å². The fourth-order valence-corrected chi connectivity index (χ4v) is 4.61. The molecule has 0 saturated carbocycles. The number of H-pyrrole nitrogens is 1. The first-order chi connectivity index (χ1) is 14.0. The monoisotopic (exact) mass is 478 g/mol. The van der Waals surface area contributed by atoms with Crippen molar-refractivity contribution in [2.24, 2.45) is 5.73 Å². The van der Waals surface area contributed by atoms with Crippen molar-refractivity contribution in [3.8, 4) is 0 Å². The maximum atomic E-state index is 11.8. The fraction of sp³-hybridized carbons (Fsp3) is 0.526. The Kier molecular flexibility index (Phi) is 6.44. The van der Waals surface area contributed by atoms with Crippen LogP contribution in [-0.4, -0.2) is 87.3 Å². The molecule has 2 aromatic rings. The predicted octanol–water partition coefficient (Wildman–Crippen LogP) is 0.0181. The number of carbonyl (C=O) groups is 1. The Bertz CT molecular complexity index is 839. The second-order valence-electron chi connectivity index (χ2n) is 7.58. The molecule has 2 fully saturated rings. The van der Waals surface area contributed by atoms with Crippen molar-refractivity contribution in [3.63, 3.8) is 0 Å². The van der Waals surface area contributed by atoms with Gasteiger partial charge in [-0.2, -0.15) is 0 Å². The molecule has 0 unspecified atom stereocenters. The van der Waals surface area contributed by atoms with E-state index in [1.807, 2.05) is 24.3 Å². The number of nitrogens with one attached hydrogen (secondary N) is 1. The number of hydrogen-bond acceptors (Lipinski definition) is 6. The zero-order valence-corrected chi connectivity index (χ0v) is 18.6. The van der Waals surface area contributed by atoms with Gasteiger partial charge >= 0.3 is 155 Å². The molecule has 4 rings (SSSR count). The van der Waals surface area contributed by atoms with Gasteiger partial charge in [-0.3, -0.25) is 0 Å². The standard InChI is InChI=1S/C19H24AsClN6O2/c20-18-23-19(25-24-18)26-7-5-14(6-8-26)27-10-16(17(22)28)29-11-15(27)9-12-1-3-13(21)4-2-12/h1-4,14-16H,5-11H2,(H2,22,28)(H,23,24,25)/t15-,16-/m0/s1. The van der Waals surface area contributed by atoms with E-state index in [2.05, 4.69) is 41.8 Å². The number of aromatic amines is 1. The second kappa shape index (κ2) is 9.04. The first-order valence-corrected chi connectivity index (χ1v) is 11.1. The van der Waals surface area contributed by atoms with Crippen LogP contribution in [0.4, 0.5) is 5.95 Å². The van der Waals surface area contributed by atoms with Crippen LogP contribution in [0.15, 0.2) is 24.3 Å². The van der Waals surface area contributed by atoms with E-state index in [1.165, 1.54) is 5.56 Å². The summed E-state index contributed by atoms with van der Waals surface area (Å²) in [7, 11) is 0. The Morgan fingerprint density at radius 1 is 1.31 bits per heavy atom. The van der Waals surface area contributed by atoms with Gasteiger partial charge in [0.15, 0.2) is 0 Å². The average molecular weight is 479 g/mol. The number of rotatable bonds is 5. The Balaban J connectivity index is 1.44. The first kappa shape index (κ1) is 20.7. The molecule has 2 radical (unpaired) electrons. The summed E-state index contributed by atoms with van der Waals surface area (Å²) >= 11 is 8.39. The van der Waals surface area contributed by atoms with Crippen molar-refractivity contribution in [2.45, 2.75) is 37.5 Å². The molecule has 2 aliphatic rings. The number of nitrogens with zero attached hydrogens (tertiary/aromatic N) is 4. The van der Waals surface area contributed by atoms with E-state index in [0.29, 0.717) is 19.2 Å². The molecule has 0 spiro atoms. The van der Waals surface area contributed by atoms with Crippen LogP contribution >= 0.6 is 11.6 Å². The van der Waals surface area contributed by atoms with E-state index in [4.69, 9.17) is 22.1 Å². The number of nitrogens with two attached hydrogens (primary N) is 1. The average Bonchev–Trinajstić information content (AvgIpc) is 3.16. The zero-order chi connectivity index (χ0) is 20.4. The first-order valence-electron chi connectivity index (χ1n) is 9.77. The number of aromatic nitrogens is 3. The number of morpholine rings is 1. The summed E-state index contributed by atoms with van der Waals surface area (Å²) in [6.45, 7) is 2.78. The molecular weight excluding hydrogens is 455 g/mol. The summed E-state index contributed by atoms with van der Waals surface area (Å²) in [5, 5.41) is 7.87. The van der Waals surface area contributed by atoms with E-state index in [9.17, 15) is 4.79 Å². The number of piperidine rings is 1. The van der Waals surface area contributed by atoms with Gasteiger partial charge in [-0.25, -0.2) is 0 Å². The van der Waals surface area contributed by atoms with E-state index >= 15 is 0 Å². The molecule has 1 amide bonds. The summed E-state index contributed by atoms with van der Waals surface area (Å²) in [5.74, 6) is 0.348. The van der Waals surface area contributed by atoms with Crippen LogP contribution in [-0.2, 0) is 16.0 Å². The topological polar surface area (TPSA) is 100 Å². The number of primary amides is 1. The van der Waals surface area contributed by atoms with Crippen LogP contribution in [0.1, 0.15) is 18.4 Å². The van der Waals surface area contributed by atoms with Crippen molar-refractivity contribution >= 4 is 44.9 Å². The number of anilines is 1. The van der Waals surface area contributed by atoms with E-state index < -0.39 is 12.0 Å². The Morgan fingerprint density at radius 2 is 2.03 bits per heavy atom. The number of ether oxygens (including phenoxy) is 1. The molecule has 2 atom stereocenters. The summed E-state index contributed by atoms with van der Waals surface area (Å²) in [4.78, 5) is 20.8. The fourth-order valence-electron chi connectivity index (χ4n) is 4.19. The van der Waals surface area contributed by atoms with Crippen LogP contribution in [0.25, 0.3) is 0 Å². The van der Waals surface area contributed by atoms with Crippen molar-refractivity contribution in [1.82, 2.24) is 20.1 Å². The zero-order valence-electron chi connectivity index (χ0n) is 16.0. The van der Waals surface area contributed by atoms with Crippen molar-refractivity contribution in [1.29, 1.82) is 0 Å². The molecule has 0 bridgehead atoms. The molecule has 2 saturated heterocycles. The Labute approximate surface area is 183 Å². The van der Waals surface area contributed by atoms with Gasteiger partial charge in [-0.1, -0.05) is 11.6 Å². The Hall–Kier alpha value is -1.60. The molecule has 10 heteroatoms. The molecule has 8 nitrogen and oxygen atoms in total. The maximum absolute atomic E-state index is 11.8. The van der Waals surface area contributed by atoms with Crippen molar-refractivity contribution in [3.05, 3.63) is 34.9 Å². The van der Waals surface area contributed by atoms with Gasteiger partial charge in [0, 0.05) is 5.02 Å². The van der Waals surface area contributed by atoms with Gasteiger partial charge in [0.2, 0.25) is 0 Å². The van der Waals surface area contributed by atoms with E-state index in [1.54, 1.807) is 0 Å². The summed E-state index contributed by atoms with van der Waals surface area (Å²) in [5.41, 5.74) is 6.74. The predicted molar refractivity (Wildman–Crippen MR) is 112 cm³/mol. The third-order valence-electron chi connectivity index (χ3n) is 5.72. The van der Waals surface area contributed by atoms with Crippen LogP contribution < -0.4 is 15.2 Å². The number of amides is 1. The SMILES string of the molecule is NC(=O)[C@@H]1CN(C2CCN(c3n[nH]c([As])n3)CC2)[C@@H](Cc2ccc(Cl)cc2)CO1. The summed E-state index contributed by atoms with van der Waals surface area (Å²) in [6.07, 6.45) is 2.25. The molecule has 154 valence electrons. The molecule has 0 aliphatic carbocycles. The van der Waals surface area contributed by atoms with Gasteiger partial charge in [-0.05, 0) is 12.1 Å². The van der Waals surface area contributed by atoms with Crippen LogP contribution in [0.5, 0.6) is 0 Å². The van der Waals surface area contributed by atoms with Crippen molar-refractivity contribution < 1.29 is 9.53 Å². The quantitative estimate of drug-likeness (QED) is 0.588. The van der Waals surface area contributed by atoms with E-state index in [-0.39, 0.29) is 6.04 Å². The van der Waals surface area contributed by atoms with Gasteiger partial charge in [0.1, 0.15) is 0 Å². The van der Waals surface area contributed by atoms with Gasteiger partial charge in [0.05, 0.1) is 0 Å². The Morgan fingerprint density at radius 3 is 2.66 bits per heavy atom. The van der Waals surface area contributed by atoms with Crippen molar-refractivity contribution in [2.75, 3.05) is 31.1 Å². The number of halogens is 1. The molecule has 1 aromatic heterocycles. The molecule has 1 aromatic carbocycles. The minimum atomic E-state index is -0.553. The third kappa shape index (κ3) is 4.94. The number of benzene rings is 1. The summed E-state index contributed by atoms with van der Waals surface area (Å²) < 4.78 is 6.54. The number of hydrogen-bond donors (Lipinski definition) is 2. The van der Waals surface area contributed by atoms with Crippen LogP contribution in [0.2, 0.25) is 5.02 Å². The van der Waals surface area contributed by atoms with Crippen LogP contribution in [0, 0.1) is 0 Å². The van der Waals surface area contributed by atoms with E-state index in [0.717, 1.165) is 47.9 Å². The second-order valence-corrected chi connectivity index (χ2v) is 8.91. The molecule has 3 heterocycles. The van der Waals surface area contributed by atoms with Gasteiger partial charge in [-0.15, -0.1) is 0 Å². The third-order valence-corrected chi connectivity index (χ3v) is 6.39. The minimum absolute atomic E-state index is 0.200. The normalized spacial score (nSPS) is 24.0. The molecular formula is C19H24AsClN6O2. The molecule has 2 aliphatic heterocycles. The molecule has 3 N–H and O–H groups in total.